The molecule has 0 unspecified atom stereocenters. The van der Waals surface area contributed by atoms with E-state index in [4.69, 9.17) is 0 Å². The molecule has 1 aliphatic rings. The zero-order chi connectivity index (χ0) is 13.0. The van der Waals surface area contributed by atoms with E-state index in [1.165, 1.54) is 18.5 Å². The first kappa shape index (κ1) is 13.1. The molecule has 1 fully saturated rings. The second kappa shape index (κ2) is 6.00. The van der Waals surface area contributed by atoms with Crippen molar-refractivity contribution in [2.75, 3.05) is 44.9 Å². The van der Waals surface area contributed by atoms with Gasteiger partial charge in [-0.05, 0) is 39.9 Å². The van der Waals surface area contributed by atoms with Gasteiger partial charge in [0.15, 0.2) is 0 Å². The lowest BCUT2D eigenvalue weighted by atomic mass is 10.3. The standard InChI is InChI=1S/C13H23N5/c1-14-12-9-11(10-5-6-10)16-13(17-12)15-7-4-8-18(2)3/h9-10H,4-8H2,1-3H3,(H2,14,15,16,17). The van der Waals surface area contributed by atoms with E-state index in [1.807, 2.05) is 7.05 Å². The topological polar surface area (TPSA) is 53.1 Å². The third-order valence-corrected chi connectivity index (χ3v) is 3.06. The van der Waals surface area contributed by atoms with Crippen molar-refractivity contribution in [2.45, 2.75) is 25.2 Å². The second-order valence-electron chi connectivity index (χ2n) is 5.11. The van der Waals surface area contributed by atoms with Crippen molar-refractivity contribution in [1.29, 1.82) is 0 Å². The SMILES string of the molecule is CNc1cc(C2CC2)nc(NCCCN(C)C)n1. The van der Waals surface area contributed by atoms with Gasteiger partial charge in [0.1, 0.15) is 5.82 Å². The van der Waals surface area contributed by atoms with Crippen LogP contribution in [0.4, 0.5) is 11.8 Å². The molecule has 1 aromatic rings. The van der Waals surface area contributed by atoms with Gasteiger partial charge in [0.05, 0.1) is 5.69 Å². The molecule has 0 saturated heterocycles. The molecule has 0 radical (unpaired) electrons. The largest absolute Gasteiger partial charge is 0.373 e. The molecule has 0 bridgehead atoms. The summed E-state index contributed by atoms with van der Waals surface area (Å²) in [6.07, 6.45) is 3.62. The smallest absolute Gasteiger partial charge is 0.224 e. The molecule has 2 rings (SSSR count). The van der Waals surface area contributed by atoms with Gasteiger partial charge in [-0.2, -0.15) is 4.98 Å². The Morgan fingerprint density at radius 3 is 2.72 bits per heavy atom. The first-order valence-electron chi connectivity index (χ1n) is 6.64. The predicted octanol–water partition coefficient (Wildman–Crippen LogP) is 1.76. The van der Waals surface area contributed by atoms with Gasteiger partial charge in [-0.3, -0.25) is 0 Å². The summed E-state index contributed by atoms with van der Waals surface area (Å²) < 4.78 is 0. The van der Waals surface area contributed by atoms with Crippen LogP contribution in [-0.4, -0.2) is 49.1 Å². The molecule has 0 amide bonds. The molecular weight excluding hydrogens is 226 g/mol. The lowest BCUT2D eigenvalue weighted by molar-refractivity contribution is 0.405. The quantitative estimate of drug-likeness (QED) is 0.721. The van der Waals surface area contributed by atoms with Gasteiger partial charge in [-0.15, -0.1) is 0 Å². The number of hydrogen-bond donors (Lipinski definition) is 2. The Hall–Kier alpha value is -1.36. The van der Waals surface area contributed by atoms with Gasteiger partial charge in [0.2, 0.25) is 5.95 Å². The Balaban J connectivity index is 1.92. The van der Waals surface area contributed by atoms with E-state index in [0.717, 1.165) is 31.3 Å². The van der Waals surface area contributed by atoms with Crippen molar-refractivity contribution in [1.82, 2.24) is 14.9 Å². The molecule has 0 atom stereocenters. The number of rotatable bonds is 7. The number of anilines is 2. The van der Waals surface area contributed by atoms with Gasteiger partial charge < -0.3 is 15.5 Å². The summed E-state index contributed by atoms with van der Waals surface area (Å²) in [4.78, 5) is 11.2. The summed E-state index contributed by atoms with van der Waals surface area (Å²) in [7, 11) is 6.07. The maximum atomic E-state index is 4.58. The van der Waals surface area contributed by atoms with Crippen LogP contribution in [0.15, 0.2) is 6.07 Å². The van der Waals surface area contributed by atoms with E-state index in [0.29, 0.717) is 5.92 Å². The molecule has 5 heteroatoms. The zero-order valence-corrected chi connectivity index (χ0v) is 11.5. The number of aromatic nitrogens is 2. The summed E-state index contributed by atoms with van der Waals surface area (Å²) in [5.74, 6) is 2.31. The normalized spacial score (nSPS) is 14.9. The minimum atomic E-state index is 0.655. The highest BCUT2D eigenvalue weighted by Gasteiger charge is 2.26. The van der Waals surface area contributed by atoms with Crippen LogP contribution in [-0.2, 0) is 0 Å². The fourth-order valence-corrected chi connectivity index (χ4v) is 1.86. The van der Waals surface area contributed by atoms with Crippen LogP contribution >= 0.6 is 0 Å². The van der Waals surface area contributed by atoms with Crippen molar-refractivity contribution >= 4 is 11.8 Å². The molecule has 1 aromatic heterocycles. The highest BCUT2D eigenvalue weighted by atomic mass is 15.1. The fraction of sp³-hybridized carbons (Fsp3) is 0.692. The van der Waals surface area contributed by atoms with Crippen molar-refractivity contribution < 1.29 is 0 Å². The molecule has 0 spiro atoms. The summed E-state index contributed by atoms with van der Waals surface area (Å²) in [5, 5.41) is 6.41. The van der Waals surface area contributed by atoms with E-state index < -0.39 is 0 Å². The third-order valence-electron chi connectivity index (χ3n) is 3.06. The van der Waals surface area contributed by atoms with E-state index >= 15 is 0 Å². The van der Waals surface area contributed by atoms with Crippen LogP contribution in [0.5, 0.6) is 0 Å². The van der Waals surface area contributed by atoms with Crippen molar-refractivity contribution in [2.24, 2.45) is 0 Å². The number of nitrogens with one attached hydrogen (secondary N) is 2. The molecule has 1 saturated carbocycles. The minimum absolute atomic E-state index is 0.655. The zero-order valence-electron chi connectivity index (χ0n) is 11.5. The predicted molar refractivity (Wildman–Crippen MR) is 75.2 cm³/mol. The van der Waals surface area contributed by atoms with Gasteiger partial charge in [0.25, 0.3) is 0 Å². The van der Waals surface area contributed by atoms with Gasteiger partial charge in [-0.1, -0.05) is 0 Å². The van der Waals surface area contributed by atoms with Crippen LogP contribution in [0.25, 0.3) is 0 Å². The van der Waals surface area contributed by atoms with Crippen LogP contribution in [0, 0.1) is 0 Å². The molecule has 18 heavy (non-hydrogen) atoms. The summed E-state index contributed by atoms with van der Waals surface area (Å²) in [6, 6.07) is 2.06. The first-order valence-corrected chi connectivity index (χ1v) is 6.64. The molecule has 1 heterocycles. The van der Waals surface area contributed by atoms with Gasteiger partial charge >= 0.3 is 0 Å². The average molecular weight is 249 g/mol. The van der Waals surface area contributed by atoms with Gasteiger partial charge in [-0.25, -0.2) is 4.98 Å². The van der Waals surface area contributed by atoms with Gasteiger partial charge in [0, 0.05) is 25.6 Å². The molecule has 100 valence electrons. The highest BCUT2D eigenvalue weighted by Crippen LogP contribution is 2.39. The van der Waals surface area contributed by atoms with E-state index in [1.54, 1.807) is 0 Å². The van der Waals surface area contributed by atoms with Crippen LogP contribution in [0.2, 0.25) is 0 Å². The van der Waals surface area contributed by atoms with Crippen molar-refractivity contribution in [3.05, 3.63) is 11.8 Å². The molecule has 2 N–H and O–H groups in total. The van der Waals surface area contributed by atoms with E-state index in [2.05, 4.69) is 45.7 Å². The fourth-order valence-electron chi connectivity index (χ4n) is 1.86. The monoisotopic (exact) mass is 249 g/mol. The Kier molecular flexibility index (Phi) is 4.36. The Morgan fingerprint density at radius 1 is 1.33 bits per heavy atom. The summed E-state index contributed by atoms with van der Waals surface area (Å²) >= 11 is 0. The lowest BCUT2D eigenvalue weighted by Crippen LogP contribution is -2.17. The molecular formula is C13H23N5. The summed E-state index contributed by atoms with van der Waals surface area (Å²) in [6.45, 7) is 1.99. The number of hydrogen-bond acceptors (Lipinski definition) is 5. The molecule has 5 nitrogen and oxygen atoms in total. The van der Waals surface area contributed by atoms with Crippen molar-refractivity contribution in [3.63, 3.8) is 0 Å². The first-order chi connectivity index (χ1) is 8.69. The third kappa shape index (κ3) is 3.84. The number of nitrogens with zero attached hydrogens (tertiary/aromatic N) is 3. The molecule has 1 aliphatic carbocycles. The molecule has 0 aliphatic heterocycles. The average Bonchev–Trinajstić information content (AvgIpc) is 3.18. The Bertz CT molecular complexity index is 387. The maximum absolute atomic E-state index is 4.58. The molecule has 0 aromatic carbocycles. The second-order valence-corrected chi connectivity index (χ2v) is 5.11. The van der Waals surface area contributed by atoms with Crippen LogP contribution in [0.1, 0.15) is 30.9 Å². The van der Waals surface area contributed by atoms with E-state index in [-0.39, 0.29) is 0 Å². The van der Waals surface area contributed by atoms with Crippen molar-refractivity contribution in [3.8, 4) is 0 Å². The highest BCUT2D eigenvalue weighted by molar-refractivity contribution is 5.43. The maximum Gasteiger partial charge on any atom is 0.224 e. The van der Waals surface area contributed by atoms with E-state index in [9.17, 15) is 0 Å². The summed E-state index contributed by atoms with van der Waals surface area (Å²) in [5.41, 5.74) is 1.17. The minimum Gasteiger partial charge on any atom is -0.373 e. The van der Waals surface area contributed by atoms with Crippen LogP contribution < -0.4 is 10.6 Å². The Morgan fingerprint density at radius 2 is 2.11 bits per heavy atom. The lowest BCUT2D eigenvalue weighted by Gasteiger charge is -2.11. The van der Waals surface area contributed by atoms with Crippen LogP contribution in [0.3, 0.4) is 0 Å². The Labute approximate surface area is 109 Å².